The summed E-state index contributed by atoms with van der Waals surface area (Å²) in [7, 11) is 0. The Bertz CT molecular complexity index is 772. The predicted molar refractivity (Wildman–Crippen MR) is 108 cm³/mol. The Morgan fingerprint density at radius 1 is 1.07 bits per heavy atom. The molecule has 2 aromatic rings. The average Bonchev–Trinajstić information content (AvgIpc) is 3.11. The molecule has 2 N–H and O–H groups in total. The minimum atomic E-state index is -0.117. The van der Waals surface area contributed by atoms with Gasteiger partial charge in [0.1, 0.15) is 0 Å². The lowest BCUT2D eigenvalue weighted by Gasteiger charge is -2.23. The summed E-state index contributed by atoms with van der Waals surface area (Å²) in [6.07, 6.45) is 1.90. The number of amides is 2. The fourth-order valence-electron chi connectivity index (χ4n) is 3.41. The van der Waals surface area contributed by atoms with Crippen molar-refractivity contribution in [1.82, 2.24) is 10.2 Å². The minimum absolute atomic E-state index is 0.0165. The quantitative estimate of drug-likeness (QED) is 0.824. The van der Waals surface area contributed by atoms with Gasteiger partial charge in [-0.2, -0.15) is 0 Å². The zero-order chi connectivity index (χ0) is 19.2. The third kappa shape index (κ3) is 5.17. The molecule has 0 spiro atoms. The summed E-state index contributed by atoms with van der Waals surface area (Å²) < 4.78 is 0. The number of benzene rings is 2. The van der Waals surface area contributed by atoms with E-state index in [9.17, 15) is 9.59 Å². The van der Waals surface area contributed by atoms with Crippen LogP contribution >= 0.6 is 0 Å². The summed E-state index contributed by atoms with van der Waals surface area (Å²) in [5.74, 6) is -0.0875. The van der Waals surface area contributed by atoms with Crippen LogP contribution in [0.5, 0.6) is 0 Å². The second kappa shape index (κ2) is 8.82. The van der Waals surface area contributed by atoms with Crippen molar-refractivity contribution in [1.29, 1.82) is 0 Å². The molecule has 3 rings (SSSR count). The highest BCUT2D eigenvalue weighted by Crippen LogP contribution is 2.22. The molecule has 0 aliphatic carbocycles. The maximum absolute atomic E-state index is 12.7. The van der Waals surface area contributed by atoms with Gasteiger partial charge in [-0.1, -0.05) is 30.3 Å². The highest BCUT2D eigenvalue weighted by atomic mass is 16.2. The van der Waals surface area contributed by atoms with Crippen molar-refractivity contribution in [2.45, 2.75) is 45.3 Å². The van der Waals surface area contributed by atoms with Gasteiger partial charge in [-0.15, -0.1) is 0 Å². The van der Waals surface area contributed by atoms with Crippen LogP contribution in [0.15, 0.2) is 54.6 Å². The molecule has 1 heterocycles. The first-order valence-corrected chi connectivity index (χ1v) is 9.52. The van der Waals surface area contributed by atoms with Crippen molar-refractivity contribution < 1.29 is 9.59 Å². The number of carbonyl (C=O) groups is 2. The van der Waals surface area contributed by atoms with Crippen molar-refractivity contribution in [2.75, 3.05) is 11.9 Å². The number of hydrogen-bond donors (Lipinski definition) is 2. The first-order chi connectivity index (χ1) is 13.0. The van der Waals surface area contributed by atoms with Crippen LogP contribution in [0.3, 0.4) is 0 Å². The molecule has 0 saturated carbocycles. The lowest BCUT2D eigenvalue weighted by Crippen LogP contribution is -2.39. The Hall–Kier alpha value is -2.66. The molecule has 1 fully saturated rings. The Kier molecular flexibility index (Phi) is 6.24. The molecule has 142 valence electrons. The van der Waals surface area contributed by atoms with E-state index >= 15 is 0 Å². The summed E-state index contributed by atoms with van der Waals surface area (Å²) in [4.78, 5) is 27.0. The average molecular weight is 365 g/mol. The smallest absolute Gasteiger partial charge is 0.251 e. The van der Waals surface area contributed by atoms with Gasteiger partial charge in [0, 0.05) is 23.8 Å². The molecule has 2 amide bonds. The van der Waals surface area contributed by atoms with Crippen LogP contribution in [0.25, 0.3) is 0 Å². The van der Waals surface area contributed by atoms with E-state index in [4.69, 9.17) is 0 Å². The zero-order valence-electron chi connectivity index (χ0n) is 15.9. The number of rotatable bonds is 6. The number of carbonyl (C=O) groups excluding carboxylic acids is 2. The summed E-state index contributed by atoms with van der Waals surface area (Å²) in [6, 6.07) is 17.3. The molecule has 1 aliphatic heterocycles. The fourth-order valence-corrected chi connectivity index (χ4v) is 3.41. The second-order valence-electron chi connectivity index (χ2n) is 7.31. The predicted octanol–water partition coefficient (Wildman–Crippen LogP) is 3.43. The molecule has 0 radical (unpaired) electrons. The molecule has 1 atom stereocenters. The van der Waals surface area contributed by atoms with Crippen LogP contribution in [-0.2, 0) is 11.3 Å². The number of nitrogens with one attached hydrogen (secondary N) is 2. The SMILES string of the molecule is CC(C)NC(=O)c1ccc(NC(=O)[C@@H]2CCCN2Cc2ccccc2)cc1. The molecular weight excluding hydrogens is 338 g/mol. The van der Waals surface area contributed by atoms with Crippen molar-refractivity contribution in [3.8, 4) is 0 Å². The second-order valence-corrected chi connectivity index (χ2v) is 7.31. The normalized spacial score (nSPS) is 17.1. The molecule has 5 nitrogen and oxygen atoms in total. The largest absolute Gasteiger partial charge is 0.350 e. The van der Waals surface area contributed by atoms with E-state index in [0.29, 0.717) is 11.3 Å². The van der Waals surface area contributed by atoms with Gasteiger partial charge in [0.2, 0.25) is 5.91 Å². The molecular formula is C22H27N3O2. The van der Waals surface area contributed by atoms with Gasteiger partial charge in [-0.25, -0.2) is 0 Å². The van der Waals surface area contributed by atoms with Crippen LogP contribution in [0.4, 0.5) is 5.69 Å². The lowest BCUT2D eigenvalue weighted by atomic mass is 10.1. The maximum atomic E-state index is 12.7. The summed E-state index contributed by atoms with van der Waals surface area (Å²) >= 11 is 0. The first-order valence-electron chi connectivity index (χ1n) is 9.52. The summed E-state index contributed by atoms with van der Waals surface area (Å²) in [5, 5.41) is 5.85. The zero-order valence-corrected chi connectivity index (χ0v) is 15.9. The third-order valence-electron chi connectivity index (χ3n) is 4.73. The van der Waals surface area contributed by atoms with E-state index < -0.39 is 0 Å². The number of nitrogens with zero attached hydrogens (tertiary/aromatic N) is 1. The van der Waals surface area contributed by atoms with Gasteiger partial charge < -0.3 is 10.6 Å². The number of anilines is 1. The van der Waals surface area contributed by atoms with Gasteiger partial charge in [-0.05, 0) is 63.1 Å². The standard InChI is InChI=1S/C22H27N3O2/c1-16(2)23-21(26)18-10-12-19(13-11-18)24-22(27)20-9-6-14-25(20)15-17-7-4-3-5-8-17/h3-5,7-8,10-13,16,20H,6,9,14-15H2,1-2H3,(H,23,26)(H,24,27)/t20-/m0/s1. The van der Waals surface area contributed by atoms with E-state index in [2.05, 4.69) is 27.7 Å². The highest BCUT2D eigenvalue weighted by Gasteiger charge is 2.30. The van der Waals surface area contributed by atoms with E-state index in [1.165, 1.54) is 5.56 Å². The molecule has 5 heteroatoms. The minimum Gasteiger partial charge on any atom is -0.350 e. The molecule has 0 unspecified atom stereocenters. The van der Waals surface area contributed by atoms with Gasteiger partial charge in [0.15, 0.2) is 0 Å². The van der Waals surface area contributed by atoms with Crippen molar-refractivity contribution in [3.63, 3.8) is 0 Å². The van der Waals surface area contributed by atoms with E-state index in [1.54, 1.807) is 24.3 Å². The van der Waals surface area contributed by atoms with Gasteiger partial charge in [0.05, 0.1) is 6.04 Å². The van der Waals surface area contributed by atoms with E-state index in [1.807, 2.05) is 32.0 Å². The first kappa shape index (κ1) is 19.1. The highest BCUT2D eigenvalue weighted by molar-refractivity contribution is 5.97. The van der Waals surface area contributed by atoms with Crippen LogP contribution < -0.4 is 10.6 Å². The van der Waals surface area contributed by atoms with Crippen molar-refractivity contribution >= 4 is 17.5 Å². The molecule has 0 aromatic heterocycles. The van der Waals surface area contributed by atoms with Crippen LogP contribution in [0.2, 0.25) is 0 Å². The lowest BCUT2D eigenvalue weighted by molar-refractivity contribution is -0.120. The Labute approximate surface area is 160 Å². The van der Waals surface area contributed by atoms with Gasteiger partial charge in [0.25, 0.3) is 5.91 Å². The van der Waals surface area contributed by atoms with Crippen LogP contribution in [-0.4, -0.2) is 35.3 Å². The maximum Gasteiger partial charge on any atom is 0.251 e. The molecule has 27 heavy (non-hydrogen) atoms. The Morgan fingerprint density at radius 3 is 2.44 bits per heavy atom. The number of hydrogen-bond acceptors (Lipinski definition) is 3. The summed E-state index contributed by atoms with van der Waals surface area (Å²) in [5.41, 5.74) is 2.53. The Morgan fingerprint density at radius 2 is 1.78 bits per heavy atom. The fraction of sp³-hybridized carbons (Fsp3) is 0.364. The van der Waals surface area contributed by atoms with E-state index in [-0.39, 0.29) is 23.9 Å². The van der Waals surface area contributed by atoms with Crippen molar-refractivity contribution in [3.05, 3.63) is 65.7 Å². The van der Waals surface area contributed by atoms with E-state index in [0.717, 1.165) is 25.9 Å². The van der Waals surface area contributed by atoms with Crippen LogP contribution in [0.1, 0.15) is 42.6 Å². The summed E-state index contributed by atoms with van der Waals surface area (Å²) in [6.45, 7) is 5.57. The van der Waals surface area contributed by atoms with Gasteiger partial charge >= 0.3 is 0 Å². The molecule has 2 aromatic carbocycles. The monoisotopic (exact) mass is 365 g/mol. The third-order valence-corrected chi connectivity index (χ3v) is 4.73. The number of likely N-dealkylation sites (tertiary alicyclic amines) is 1. The van der Waals surface area contributed by atoms with Gasteiger partial charge in [-0.3, -0.25) is 14.5 Å². The topological polar surface area (TPSA) is 61.4 Å². The molecule has 1 saturated heterocycles. The van der Waals surface area contributed by atoms with Crippen molar-refractivity contribution in [2.24, 2.45) is 0 Å². The molecule has 0 bridgehead atoms. The van der Waals surface area contributed by atoms with Crippen LogP contribution in [0, 0.1) is 0 Å². The Balaban J connectivity index is 1.60. The molecule has 1 aliphatic rings.